The predicted molar refractivity (Wildman–Crippen MR) is 43.5 cm³/mol. The standard InChI is InChI=1S/C6H9N3S/c1-2-10-6(7)5-3-8-4-9-5/h3-4,7H,2H2,1H3,(H,8,9). The van der Waals surface area contributed by atoms with Crippen molar-refractivity contribution in [1.29, 1.82) is 5.41 Å². The molecule has 0 aliphatic carbocycles. The number of nitrogens with one attached hydrogen (secondary N) is 2. The molecule has 1 aromatic rings. The van der Waals surface area contributed by atoms with Crippen LogP contribution < -0.4 is 0 Å². The average Bonchev–Trinajstić information content (AvgIpc) is 2.38. The molecule has 0 atom stereocenters. The van der Waals surface area contributed by atoms with Crippen LogP contribution in [0.5, 0.6) is 0 Å². The second-order valence-corrected chi connectivity index (χ2v) is 3.00. The van der Waals surface area contributed by atoms with Crippen LogP contribution in [-0.4, -0.2) is 20.8 Å². The summed E-state index contributed by atoms with van der Waals surface area (Å²) in [5.41, 5.74) is 0.798. The Labute approximate surface area is 63.8 Å². The van der Waals surface area contributed by atoms with Crippen LogP contribution in [0.2, 0.25) is 0 Å². The normalized spacial score (nSPS) is 9.70. The summed E-state index contributed by atoms with van der Waals surface area (Å²) in [5.74, 6) is 0.928. The minimum Gasteiger partial charge on any atom is -0.343 e. The minimum absolute atomic E-state index is 0.556. The highest BCUT2D eigenvalue weighted by Crippen LogP contribution is 2.07. The van der Waals surface area contributed by atoms with Crippen LogP contribution >= 0.6 is 11.8 Å². The summed E-state index contributed by atoms with van der Waals surface area (Å²) < 4.78 is 0. The van der Waals surface area contributed by atoms with Gasteiger partial charge in [0, 0.05) is 0 Å². The summed E-state index contributed by atoms with van der Waals surface area (Å²) in [4.78, 5) is 6.68. The Balaban J connectivity index is 2.59. The molecule has 0 bridgehead atoms. The third-order valence-corrected chi connectivity index (χ3v) is 1.83. The molecule has 0 saturated carbocycles. The molecule has 0 unspecified atom stereocenters. The van der Waals surface area contributed by atoms with Crippen molar-refractivity contribution in [2.45, 2.75) is 6.92 Å². The number of nitrogens with zero attached hydrogens (tertiary/aromatic N) is 1. The average molecular weight is 155 g/mol. The monoisotopic (exact) mass is 155 g/mol. The van der Waals surface area contributed by atoms with Crippen molar-refractivity contribution in [2.75, 3.05) is 5.75 Å². The lowest BCUT2D eigenvalue weighted by Crippen LogP contribution is -1.92. The summed E-state index contributed by atoms with van der Waals surface area (Å²) in [6.45, 7) is 2.02. The number of thioether (sulfide) groups is 1. The van der Waals surface area contributed by atoms with Gasteiger partial charge in [-0.1, -0.05) is 6.92 Å². The Morgan fingerprint density at radius 1 is 1.90 bits per heavy atom. The van der Waals surface area contributed by atoms with Crippen LogP contribution in [0.4, 0.5) is 0 Å². The van der Waals surface area contributed by atoms with Crippen molar-refractivity contribution in [3.63, 3.8) is 0 Å². The number of aromatic amines is 1. The maximum absolute atomic E-state index is 7.44. The highest BCUT2D eigenvalue weighted by atomic mass is 32.2. The maximum atomic E-state index is 7.44. The van der Waals surface area contributed by atoms with Crippen LogP contribution in [0.15, 0.2) is 12.5 Å². The molecule has 1 rings (SSSR count). The molecule has 0 aliphatic heterocycles. The SMILES string of the molecule is CCSC(=N)c1cnc[nH]1. The van der Waals surface area contributed by atoms with E-state index in [9.17, 15) is 0 Å². The van der Waals surface area contributed by atoms with Crippen molar-refractivity contribution in [2.24, 2.45) is 0 Å². The van der Waals surface area contributed by atoms with Gasteiger partial charge in [-0.25, -0.2) is 4.98 Å². The topological polar surface area (TPSA) is 52.5 Å². The number of hydrogen-bond acceptors (Lipinski definition) is 3. The molecule has 54 valence electrons. The molecule has 4 heteroatoms. The van der Waals surface area contributed by atoms with Gasteiger partial charge in [-0.15, -0.1) is 11.8 Å². The summed E-state index contributed by atoms with van der Waals surface area (Å²) in [6, 6.07) is 0. The lowest BCUT2D eigenvalue weighted by Gasteiger charge is -1.94. The van der Waals surface area contributed by atoms with Gasteiger partial charge in [0.05, 0.1) is 18.2 Å². The van der Waals surface area contributed by atoms with E-state index in [0.717, 1.165) is 11.4 Å². The predicted octanol–water partition coefficient (Wildman–Crippen LogP) is 1.49. The zero-order valence-electron chi connectivity index (χ0n) is 5.72. The zero-order valence-corrected chi connectivity index (χ0v) is 6.53. The van der Waals surface area contributed by atoms with Crippen molar-refractivity contribution < 1.29 is 0 Å². The summed E-state index contributed by atoms with van der Waals surface area (Å²) in [7, 11) is 0. The number of aromatic nitrogens is 2. The van der Waals surface area contributed by atoms with Gasteiger partial charge in [0.1, 0.15) is 5.04 Å². The number of H-pyrrole nitrogens is 1. The molecule has 10 heavy (non-hydrogen) atoms. The Hall–Kier alpha value is -0.770. The first-order chi connectivity index (χ1) is 4.84. The molecule has 1 heterocycles. The molecule has 2 N–H and O–H groups in total. The van der Waals surface area contributed by atoms with E-state index in [2.05, 4.69) is 9.97 Å². The highest BCUT2D eigenvalue weighted by molar-refractivity contribution is 8.14. The van der Waals surface area contributed by atoms with Crippen LogP contribution in [0.1, 0.15) is 12.6 Å². The summed E-state index contributed by atoms with van der Waals surface area (Å²) >= 11 is 1.50. The Bertz CT molecular complexity index is 205. The second kappa shape index (κ2) is 3.41. The lowest BCUT2D eigenvalue weighted by atomic mass is 10.5. The van der Waals surface area contributed by atoms with Crippen LogP contribution in [0.3, 0.4) is 0 Å². The number of imidazole rings is 1. The molecule has 0 spiro atoms. The quantitative estimate of drug-likeness (QED) is 0.502. The molecule has 0 aromatic carbocycles. The van der Waals surface area contributed by atoms with E-state index in [-0.39, 0.29) is 0 Å². The van der Waals surface area contributed by atoms with Crippen molar-refractivity contribution in [3.05, 3.63) is 18.2 Å². The molecule has 0 saturated heterocycles. The Kier molecular flexibility index (Phi) is 2.50. The third kappa shape index (κ3) is 1.60. The van der Waals surface area contributed by atoms with Gasteiger partial charge in [-0.2, -0.15) is 0 Å². The van der Waals surface area contributed by atoms with Gasteiger partial charge >= 0.3 is 0 Å². The third-order valence-electron chi connectivity index (χ3n) is 1.03. The fourth-order valence-corrected chi connectivity index (χ4v) is 1.16. The first-order valence-electron chi connectivity index (χ1n) is 3.04. The molecule has 0 radical (unpaired) electrons. The van der Waals surface area contributed by atoms with E-state index in [1.54, 1.807) is 12.5 Å². The Morgan fingerprint density at radius 3 is 3.20 bits per heavy atom. The van der Waals surface area contributed by atoms with Gasteiger partial charge in [-0.05, 0) is 5.75 Å². The van der Waals surface area contributed by atoms with E-state index < -0.39 is 0 Å². The van der Waals surface area contributed by atoms with Crippen LogP contribution in [0, 0.1) is 5.41 Å². The van der Waals surface area contributed by atoms with Gasteiger partial charge in [0.2, 0.25) is 0 Å². The largest absolute Gasteiger partial charge is 0.343 e. The first-order valence-corrected chi connectivity index (χ1v) is 4.03. The van der Waals surface area contributed by atoms with E-state index in [0.29, 0.717) is 5.04 Å². The molecule has 0 aliphatic rings. The number of rotatable bonds is 2. The van der Waals surface area contributed by atoms with Crippen LogP contribution in [0.25, 0.3) is 0 Å². The molecule has 1 aromatic heterocycles. The minimum atomic E-state index is 0.556. The van der Waals surface area contributed by atoms with E-state index in [4.69, 9.17) is 5.41 Å². The molecular formula is C6H9N3S. The molecule has 0 amide bonds. The van der Waals surface area contributed by atoms with Crippen molar-refractivity contribution in [1.82, 2.24) is 9.97 Å². The van der Waals surface area contributed by atoms with Gasteiger partial charge < -0.3 is 4.98 Å². The molecular weight excluding hydrogens is 146 g/mol. The smallest absolute Gasteiger partial charge is 0.112 e. The fourth-order valence-electron chi connectivity index (χ4n) is 0.602. The van der Waals surface area contributed by atoms with E-state index in [1.807, 2.05) is 6.92 Å². The van der Waals surface area contributed by atoms with E-state index in [1.165, 1.54) is 11.8 Å². The van der Waals surface area contributed by atoms with Gasteiger partial charge in [-0.3, -0.25) is 5.41 Å². The second-order valence-electron chi connectivity index (χ2n) is 1.73. The zero-order chi connectivity index (χ0) is 7.40. The van der Waals surface area contributed by atoms with Crippen molar-refractivity contribution >= 4 is 16.8 Å². The Morgan fingerprint density at radius 2 is 2.70 bits per heavy atom. The fraction of sp³-hybridized carbons (Fsp3) is 0.333. The van der Waals surface area contributed by atoms with Crippen molar-refractivity contribution in [3.8, 4) is 0 Å². The molecule has 3 nitrogen and oxygen atoms in total. The molecule has 0 fully saturated rings. The number of hydrogen-bond donors (Lipinski definition) is 2. The summed E-state index contributed by atoms with van der Waals surface area (Å²) in [5, 5.41) is 7.99. The van der Waals surface area contributed by atoms with Crippen LogP contribution in [-0.2, 0) is 0 Å². The maximum Gasteiger partial charge on any atom is 0.112 e. The first kappa shape index (κ1) is 7.34. The van der Waals surface area contributed by atoms with Gasteiger partial charge in [0.15, 0.2) is 0 Å². The van der Waals surface area contributed by atoms with Gasteiger partial charge in [0.25, 0.3) is 0 Å². The van der Waals surface area contributed by atoms with E-state index >= 15 is 0 Å². The summed E-state index contributed by atoms with van der Waals surface area (Å²) in [6.07, 6.45) is 3.24. The lowest BCUT2D eigenvalue weighted by molar-refractivity contribution is 1.30. The highest BCUT2D eigenvalue weighted by Gasteiger charge is 1.99.